The first-order valence-electron chi connectivity index (χ1n) is 14.5. The van der Waals surface area contributed by atoms with Crippen molar-refractivity contribution in [2.75, 3.05) is 13.4 Å². The van der Waals surface area contributed by atoms with Crippen LogP contribution in [0.5, 0.6) is 23.0 Å². The topological polar surface area (TPSA) is 94.1 Å². The summed E-state index contributed by atoms with van der Waals surface area (Å²) in [5, 5.41) is 13.5. The minimum Gasteiger partial charge on any atom is -0.504 e. The summed E-state index contributed by atoms with van der Waals surface area (Å²) < 4.78 is 16.5. The smallest absolute Gasteiger partial charge is 0.231 e. The van der Waals surface area contributed by atoms with Gasteiger partial charge in [0, 0.05) is 24.8 Å². The van der Waals surface area contributed by atoms with Crippen molar-refractivity contribution in [2.45, 2.75) is 77.7 Å². The fourth-order valence-electron chi connectivity index (χ4n) is 8.05. The lowest BCUT2D eigenvalue weighted by Gasteiger charge is -2.50. The number of rotatable bonds is 8. The van der Waals surface area contributed by atoms with Gasteiger partial charge in [0.05, 0.1) is 6.61 Å². The number of Topliss-reactive ketones (excluding diaryl/α,β-unsaturated/α-hetero) is 1. The summed E-state index contributed by atoms with van der Waals surface area (Å²) in [6.07, 6.45) is 6.67. The predicted octanol–water partition coefficient (Wildman–Crippen LogP) is 5.66. The molecule has 2 aromatic carbocycles. The Hall–Kier alpha value is -3.22. The molecule has 5 atom stereocenters. The predicted molar refractivity (Wildman–Crippen MR) is 146 cm³/mol. The van der Waals surface area contributed by atoms with Gasteiger partial charge in [-0.25, -0.2) is 0 Å². The summed E-state index contributed by atoms with van der Waals surface area (Å²) in [5.74, 6) is 4.21. The Morgan fingerprint density at radius 3 is 2.87 bits per heavy atom. The van der Waals surface area contributed by atoms with Gasteiger partial charge < -0.3 is 24.6 Å². The summed E-state index contributed by atoms with van der Waals surface area (Å²) in [4.78, 5) is 26.0. The highest BCUT2D eigenvalue weighted by molar-refractivity contribution is 5.87. The third-order valence-corrected chi connectivity index (χ3v) is 9.85. The maximum Gasteiger partial charge on any atom is 0.231 e. The van der Waals surface area contributed by atoms with E-state index in [9.17, 15) is 14.7 Å². The average Bonchev–Trinajstić information content (AvgIpc) is 3.49. The number of amides is 1. The van der Waals surface area contributed by atoms with Crippen LogP contribution in [0, 0.1) is 23.2 Å². The SMILES string of the molecule is CCOc1cc2c(cc1O)CCC1C2CC[C@]2(C)C(=O)C[C@H](CCCC(=O)NCc3ccc4c(c3)OCO4)C12. The normalized spacial score (nSPS) is 28.4. The van der Waals surface area contributed by atoms with Gasteiger partial charge in [0.15, 0.2) is 23.0 Å². The second-order valence-corrected chi connectivity index (χ2v) is 12.0. The zero-order chi connectivity index (χ0) is 27.1. The molecular formula is C32H39NO6. The van der Waals surface area contributed by atoms with Gasteiger partial charge in [0.25, 0.3) is 0 Å². The fourth-order valence-corrected chi connectivity index (χ4v) is 8.05. The molecule has 4 aliphatic rings. The molecule has 0 aromatic heterocycles. The first-order chi connectivity index (χ1) is 18.9. The summed E-state index contributed by atoms with van der Waals surface area (Å²) in [7, 11) is 0. The summed E-state index contributed by atoms with van der Waals surface area (Å²) in [6, 6.07) is 9.68. The second kappa shape index (κ2) is 10.4. The molecule has 0 spiro atoms. The van der Waals surface area contributed by atoms with Crippen molar-refractivity contribution >= 4 is 11.7 Å². The quantitative estimate of drug-likeness (QED) is 0.455. The number of benzene rings is 2. The number of hydrogen-bond acceptors (Lipinski definition) is 6. The summed E-state index contributed by atoms with van der Waals surface area (Å²) in [6.45, 7) is 5.34. The molecule has 1 amide bonds. The number of hydrogen-bond donors (Lipinski definition) is 2. The summed E-state index contributed by atoms with van der Waals surface area (Å²) >= 11 is 0. The van der Waals surface area contributed by atoms with Crippen molar-refractivity contribution in [1.82, 2.24) is 5.32 Å². The number of fused-ring (bicyclic) bond motifs is 6. The summed E-state index contributed by atoms with van der Waals surface area (Å²) in [5.41, 5.74) is 3.25. The van der Waals surface area contributed by atoms with Crippen LogP contribution in [0.1, 0.15) is 81.4 Å². The first kappa shape index (κ1) is 26.0. The minimum absolute atomic E-state index is 0.0381. The zero-order valence-electron chi connectivity index (χ0n) is 23.0. The standard InChI is InChI=1S/C32H39NO6/c1-3-37-27-16-24-20(14-25(27)34)8-9-23-22(24)11-12-32(2)29(35)15-21(31(23)32)5-4-6-30(36)33-17-19-7-10-26-28(13-19)39-18-38-26/h7,10,13-14,16,21-23,31,34H,3-6,8-9,11-12,15,17-18H2,1-2H3,(H,33,36)/t21-,22?,23?,31?,32+/m0/s1. The van der Waals surface area contributed by atoms with Crippen molar-refractivity contribution in [1.29, 1.82) is 0 Å². The number of carbonyl (C=O) groups is 2. The molecule has 208 valence electrons. The highest BCUT2D eigenvalue weighted by atomic mass is 16.7. The molecule has 2 fully saturated rings. The van der Waals surface area contributed by atoms with E-state index >= 15 is 0 Å². The Labute approximate surface area is 230 Å². The Kier molecular flexibility index (Phi) is 6.94. The van der Waals surface area contributed by atoms with Gasteiger partial charge in [0.2, 0.25) is 12.7 Å². The highest BCUT2D eigenvalue weighted by Crippen LogP contribution is 2.62. The van der Waals surface area contributed by atoms with E-state index in [1.54, 1.807) is 0 Å². The van der Waals surface area contributed by atoms with Crippen LogP contribution >= 0.6 is 0 Å². The lowest BCUT2D eigenvalue weighted by molar-refractivity contribution is -0.129. The van der Waals surface area contributed by atoms with Crippen molar-refractivity contribution < 1.29 is 28.9 Å². The minimum atomic E-state index is -0.259. The highest BCUT2D eigenvalue weighted by Gasteiger charge is 2.58. The van der Waals surface area contributed by atoms with E-state index < -0.39 is 0 Å². The van der Waals surface area contributed by atoms with E-state index in [-0.39, 0.29) is 23.9 Å². The molecule has 0 saturated heterocycles. The largest absolute Gasteiger partial charge is 0.504 e. The Balaban J connectivity index is 1.09. The lowest BCUT2D eigenvalue weighted by atomic mass is 9.54. The first-order valence-corrected chi connectivity index (χ1v) is 14.5. The van der Waals surface area contributed by atoms with Gasteiger partial charge in [-0.15, -0.1) is 0 Å². The average molecular weight is 534 g/mol. The molecule has 2 aromatic rings. The Morgan fingerprint density at radius 2 is 2.03 bits per heavy atom. The van der Waals surface area contributed by atoms with Crippen molar-refractivity contribution in [3.63, 3.8) is 0 Å². The molecule has 1 heterocycles. The van der Waals surface area contributed by atoms with Crippen LogP contribution in [-0.2, 0) is 22.6 Å². The van der Waals surface area contributed by atoms with Gasteiger partial charge in [-0.3, -0.25) is 9.59 Å². The molecule has 1 aliphatic heterocycles. The van der Waals surface area contributed by atoms with E-state index in [0.717, 1.165) is 55.6 Å². The molecule has 2 saturated carbocycles. The third-order valence-electron chi connectivity index (χ3n) is 9.85. The Morgan fingerprint density at radius 1 is 1.18 bits per heavy atom. The van der Waals surface area contributed by atoms with Gasteiger partial charge >= 0.3 is 0 Å². The maximum atomic E-state index is 13.3. The van der Waals surface area contributed by atoms with Crippen molar-refractivity contribution in [3.8, 4) is 23.0 Å². The number of carbonyl (C=O) groups excluding carboxylic acids is 2. The molecule has 3 unspecified atom stereocenters. The van der Waals surface area contributed by atoms with E-state index in [1.165, 1.54) is 11.1 Å². The van der Waals surface area contributed by atoms with Crippen molar-refractivity contribution in [3.05, 3.63) is 47.0 Å². The van der Waals surface area contributed by atoms with Crippen LogP contribution in [-0.4, -0.2) is 30.2 Å². The second-order valence-electron chi connectivity index (χ2n) is 12.0. The van der Waals surface area contributed by atoms with E-state index in [2.05, 4.69) is 18.3 Å². The fraction of sp³-hybridized carbons (Fsp3) is 0.562. The molecule has 7 heteroatoms. The number of ether oxygens (including phenoxy) is 3. The molecule has 3 aliphatic carbocycles. The van der Waals surface area contributed by atoms with E-state index in [0.29, 0.717) is 61.2 Å². The lowest BCUT2D eigenvalue weighted by Crippen LogP contribution is -2.44. The number of aromatic hydroxyl groups is 1. The van der Waals surface area contributed by atoms with Crippen LogP contribution < -0.4 is 19.5 Å². The van der Waals surface area contributed by atoms with Gasteiger partial charge in [-0.2, -0.15) is 0 Å². The van der Waals surface area contributed by atoms with Gasteiger partial charge in [0.1, 0.15) is 5.78 Å². The Bertz CT molecular complexity index is 1270. The van der Waals surface area contributed by atoms with Gasteiger partial charge in [-0.05, 0) is 110 Å². The molecule has 6 rings (SSSR count). The van der Waals surface area contributed by atoms with Crippen LogP contribution in [0.25, 0.3) is 0 Å². The van der Waals surface area contributed by atoms with Crippen LogP contribution in [0.4, 0.5) is 0 Å². The van der Waals surface area contributed by atoms with E-state index in [1.807, 2.05) is 31.2 Å². The van der Waals surface area contributed by atoms with Crippen LogP contribution in [0.15, 0.2) is 30.3 Å². The zero-order valence-corrected chi connectivity index (χ0v) is 23.0. The monoisotopic (exact) mass is 533 g/mol. The molecule has 7 nitrogen and oxygen atoms in total. The molecule has 2 N–H and O–H groups in total. The number of phenols is 1. The molecule has 0 bridgehead atoms. The number of phenolic OH excluding ortho intramolecular Hbond substituents is 1. The number of aryl methyl sites for hydroxylation is 1. The molecular weight excluding hydrogens is 494 g/mol. The number of ketones is 1. The third kappa shape index (κ3) is 4.74. The van der Waals surface area contributed by atoms with Gasteiger partial charge in [-0.1, -0.05) is 13.0 Å². The molecule has 0 radical (unpaired) electrons. The van der Waals surface area contributed by atoms with Crippen molar-refractivity contribution in [2.24, 2.45) is 23.2 Å². The van der Waals surface area contributed by atoms with Crippen LogP contribution in [0.3, 0.4) is 0 Å². The maximum absolute atomic E-state index is 13.3. The molecule has 39 heavy (non-hydrogen) atoms. The number of nitrogens with one attached hydrogen (secondary N) is 1. The van der Waals surface area contributed by atoms with Crippen LogP contribution in [0.2, 0.25) is 0 Å². The van der Waals surface area contributed by atoms with E-state index in [4.69, 9.17) is 14.2 Å².